The van der Waals surface area contributed by atoms with E-state index in [2.05, 4.69) is 21.6 Å². The minimum absolute atomic E-state index is 0.0700. The predicted octanol–water partition coefficient (Wildman–Crippen LogP) is 4.82. The Morgan fingerprint density at radius 1 is 1.29 bits per heavy atom. The third-order valence-corrected chi connectivity index (χ3v) is 6.46. The Hall–Kier alpha value is -3.37. The SMILES string of the molecule is C=C(F)c1cc(F)ccc1Oc1ncnc2c1CCN(c1cnn(C3CCCCO3)c(=O)c1Cl)C2. The number of hydrogen-bond acceptors (Lipinski definition) is 7. The molecule has 0 N–H and O–H groups in total. The zero-order valence-electron chi connectivity index (χ0n) is 18.7. The molecule has 0 radical (unpaired) electrons. The van der Waals surface area contributed by atoms with Crippen LogP contribution in [0.1, 0.15) is 42.3 Å². The second kappa shape index (κ2) is 9.71. The first-order valence-electron chi connectivity index (χ1n) is 11.2. The van der Waals surface area contributed by atoms with Crippen molar-refractivity contribution in [2.24, 2.45) is 0 Å². The minimum atomic E-state index is -0.816. The lowest BCUT2D eigenvalue weighted by molar-refractivity contribution is -0.0424. The normalized spacial score (nSPS) is 17.7. The van der Waals surface area contributed by atoms with E-state index in [1.165, 1.54) is 23.1 Å². The molecule has 8 nitrogen and oxygen atoms in total. The van der Waals surface area contributed by atoms with Gasteiger partial charge in [0.25, 0.3) is 5.56 Å². The van der Waals surface area contributed by atoms with Crippen molar-refractivity contribution in [3.63, 3.8) is 0 Å². The molecule has 11 heteroatoms. The molecule has 0 aliphatic carbocycles. The van der Waals surface area contributed by atoms with E-state index in [1.54, 1.807) is 6.20 Å². The van der Waals surface area contributed by atoms with Gasteiger partial charge in [0, 0.05) is 18.7 Å². The van der Waals surface area contributed by atoms with Gasteiger partial charge in [-0.15, -0.1) is 0 Å². The van der Waals surface area contributed by atoms with Gasteiger partial charge in [-0.25, -0.2) is 18.7 Å². The van der Waals surface area contributed by atoms with Crippen molar-refractivity contribution in [3.05, 3.63) is 75.3 Å². The summed E-state index contributed by atoms with van der Waals surface area (Å²) in [5.41, 5.74) is 1.42. The van der Waals surface area contributed by atoms with Crippen molar-refractivity contribution in [1.29, 1.82) is 0 Å². The van der Waals surface area contributed by atoms with E-state index in [9.17, 15) is 13.6 Å². The zero-order chi connectivity index (χ0) is 24.5. The average molecular weight is 502 g/mol. The summed E-state index contributed by atoms with van der Waals surface area (Å²) >= 11 is 6.47. The van der Waals surface area contributed by atoms with Gasteiger partial charge in [0.05, 0.1) is 29.7 Å². The summed E-state index contributed by atoms with van der Waals surface area (Å²) in [6, 6.07) is 3.52. The molecule has 35 heavy (non-hydrogen) atoms. The van der Waals surface area contributed by atoms with E-state index < -0.39 is 23.4 Å². The highest BCUT2D eigenvalue weighted by atomic mass is 35.5. The molecule has 4 heterocycles. The standard InChI is InChI=1S/C24H22ClF2N5O3/c1-14(26)17-10-15(27)5-6-20(17)35-23-16-7-8-31(12-18(16)28-13-29-23)19-11-30-32(24(33)22(19)25)21-4-2-3-9-34-21/h5-6,10-11,13,21H,1-4,7-9,12H2. The van der Waals surface area contributed by atoms with Crippen molar-refractivity contribution in [3.8, 4) is 11.6 Å². The molecule has 1 fully saturated rings. The van der Waals surface area contributed by atoms with Gasteiger partial charge in [-0.05, 0) is 43.9 Å². The van der Waals surface area contributed by atoms with Crippen molar-refractivity contribution < 1.29 is 18.3 Å². The molecular weight excluding hydrogens is 480 g/mol. The Bertz CT molecular complexity index is 1340. The molecule has 1 unspecified atom stereocenters. The van der Waals surface area contributed by atoms with Crippen molar-refractivity contribution in [2.75, 3.05) is 18.1 Å². The molecule has 2 aromatic heterocycles. The van der Waals surface area contributed by atoms with E-state index >= 15 is 0 Å². The Labute approximate surface area is 204 Å². The zero-order valence-corrected chi connectivity index (χ0v) is 19.5. The molecule has 2 aliphatic rings. The highest BCUT2D eigenvalue weighted by molar-refractivity contribution is 6.33. The molecule has 0 spiro atoms. The van der Waals surface area contributed by atoms with Gasteiger partial charge in [-0.3, -0.25) is 4.79 Å². The van der Waals surface area contributed by atoms with Gasteiger partial charge >= 0.3 is 0 Å². The van der Waals surface area contributed by atoms with Crippen LogP contribution in [-0.4, -0.2) is 32.9 Å². The molecule has 2 aliphatic heterocycles. The maximum Gasteiger partial charge on any atom is 0.290 e. The van der Waals surface area contributed by atoms with E-state index in [0.717, 1.165) is 24.5 Å². The summed E-state index contributed by atoms with van der Waals surface area (Å²) in [5, 5.41) is 4.39. The summed E-state index contributed by atoms with van der Waals surface area (Å²) < 4.78 is 40.2. The second-order valence-corrected chi connectivity index (χ2v) is 8.72. The van der Waals surface area contributed by atoms with Crippen molar-refractivity contribution in [1.82, 2.24) is 19.7 Å². The highest BCUT2D eigenvalue weighted by Crippen LogP contribution is 2.35. The predicted molar refractivity (Wildman–Crippen MR) is 126 cm³/mol. The Morgan fingerprint density at radius 2 is 2.14 bits per heavy atom. The Kier molecular flexibility index (Phi) is 6.48. The number of hydrogen-bond donors (Lipinski definition) is 0. The Morgan fingerprint density at radius 3 is 2.91 bits per heavy atom. The van der Waals surface area contributed by atoms with Crippen LogP contribution in [0.25, 0.3) is 5.83 Å². The van der Waals surface area contributed by atoms with Crippen LogP contribution in [0.4, 0.5) is 14.5 Å². The number of fused-ring (bicyclic) bond motifs is 1. The first-order chi connectivity index (χ1) is 16.9. The molecular formula is C24H22ClF2N5O3. The van der Waals surface area contributed by atoms with E-state index in [4.69, 9.17) is 21.1 Å². The lowest BCUT2D eigenvalue weighted by Crippen LogP contribution is -2.36. The fourth-order valence-electron chi connectivity index (χ4n) is 4.30. The number of anilines is 1. The van der Waals surface area contributed by atoms with Crippen LogP contribution in [0.3, 0.4) is 0 Å². The fourth-order valence-corrected chi connectivity index (χ4v) is 4.56. The van der Waals surface area contributed by atoms with E-state index in [-0.39, 0.29) is 22.2 Å². The monoisotopic (exact) mass is 501 g/mol. The minimum Gasteiger partial charge on any atom is -0.438 e. The van der Waals surface area contributed by atoms with Crippen LogP contribution in [0.5, 0.6) is 11.6 Å². The number of aromatic nitrogens is 4. The van der Waals surface area contributed by atoms with E-state index in [1.807, 2.05) is 4.90 Å². The smallest absolute Gasteiger partial charge is 0.290 e. The first-order valence-corrected chi connectivity index (χ1v) is 11.6. The second-order valence-electron chi connectivity index (χ2n) is 8.34. The number of halogens is 3. The van der Waals surface area contributed by atoms with Gasteiger partial charge in [0.15, 0.2) is 6.23 Å². The van der Waals surface area contributed by atoms with Crippen molar-refractivity contribution in [2.45, 2.75) is 38.5 Å². The van der Waals surface area contributed by atoms with Crippen LogP contribution >= 0.6 is 11.6 Å². The number of nitrogens with zero attached hydrogens (tertiary/aromatic N) is 5. The largest absolute Gasteiger partial charge is 0.438 e. The molecule has 1 atom stereocenters. The van der Waals surface area contributed by atoms with Crippen molar-refractivity contribution >= 4 is 23.1 Å². The summed E-state index contributed by atoms with van der Waals surface area (Å²) in [7, 11) is 0. The third kappa shape index (κ3) is 4.63. The summed E-state index contributed by atoms with van der Waals surface area (Å²) in [6.07, 6.45) is 5.61. The molecule has 1 aromatic carbocycles. The molecule has 3 aromatic rings. The quantitative estimate of drug-likeness (QED) is 0.495. The lowest BCUT2D eigenvalue weighted by atomic mass is 10.1. The molecule has 0 amide bonds. The number of benzene rings is 1. The molecule has 0 saturated carbocycles. The van der Waals surface area contributed by atoms with Gasteiger partial charge in [0.1, 0.15) is 28.7 Å². The van der Waals surface area contributed by atoms with Crippen LogP contribution in [0.15, 0.2) is 42.1 Å². The lowest BCUT2D eigenvalue weighted by Gasteiger charge is -2.31. The maximum absolute atomic E-state index is 13.8. The molecule has 1 saturated heterocycles. The summed E-state index contributed by atoms with van der Waals surface area (Å²) in [6.45, 7) is 4.66. The molecule has 182 valence electrons. The van der Waals surface area contributed by atoms with Gasteiger partial charge in [-0.1, -0.05) is 18.2 Å². The topological polar surface area (TPSA) is 82.4 Å². The van der Waals surface area contributed by atoms with Crippen LogP contribution in [0, 0.1) is 5.82 Å². The summed E-state index contributed by atoms with van der Waals surface area (Å²) in [5.74, 6) is -1.07. The number of rotatable bonds is 5. The number of ether oxygens (including phenoxy) is 2. The van der Waals surface area contributed by atoms with Gasteiger partial charge in [0.2, 0.25) is 5.88 Å². The summed E-state index contributed by atoms with van der Waals surface area (Å²) in [4.78, 5) is 23.4. The third-order valence-electron chi connectivity index (χ3n) is 6.10. The maximum atomic E-state index is 13.8. The molecule has 5 rings (SSSR count). The van der Waals surface area contributed by atoms with E-state index in [0.29, 0.717) is 43.9 Å². The average Bonchev–Trinajstić information content (AvgIpc) is 2.87. The molecule has 0 bridgehead atoms. The van der Waals surface area contributed by atoms with Crippen LogP contribution < -0.4 is 15.2 Å². The first kappa shape index (κ1) is 23.4. The van der Waals surface area contributed by atoms with Crippen LogP contribution in [-0.2, 0) is 17.7 Å². The van der Waals surface area contributed by atoms with Gasteiger partial charge in [-0.2, -0.15) is 9.78 Å². The Balaban J connectivity index is 1.40. The highest BCUT2D eigenvalue weighted by Gasteiger charge is 2.27. The van der Waals surface area contributed by atoms with Gasteiger partial charge < -0.3 is 14.4 Å². The van der Waals surface area contributed by atoms with Crippen LogP contribution in [0.2, 0.25) is 5.02 Å². The fraction of sp³-hybridized carbons (Fsp3) is 0.333.